The fraction of sp³-hybridized carbons (Fsp3) is 0.143. The molecule has 3 nitrogen and oxygen atoms in total. The van der Waals surface area contributed by atoms with Gasteiger partial charge in [-0.15, -0.1) is 11.3 Å². The molecule has 0 bridgehead atoms. The highest BCUT2D eigenvalue weighted by molar-refractivity contribution is 7.18. The van der Waals surface area contributed by atoms with E-state index in [1.807, 2.05) is 36.4 Å². The van der Waals surface area contributed by atoms with Crippen molar-refractivity contribution in [3.05, 3.63) is 77.7 Å². The van der Waals surface area contributed by atoms with E-state index in [4.69, 9.17) is 4.42 Å². The van der Waals surface area contributed by atoms with Crippen molar-refractivity contribution in [2.75, 3.05) is 0 Å². The maximum Gasteiger partial charge on any atom is 0.140 e. The number of ketones is 1. The van der Waals surface area contributed by atoms with Gasteiger partial charge in [0.15, 0.2) is 0 Å². The van der Waals surface area contributed by atoms with Crippen LogP contribution >= 0.6 is 11.3 Å². The maximum absolute atomic E-state index is 12.2. The number of Topliss-reactive ketones (excluding diaryl/α,β-unsaturated/α-hetero) is 1. The molecule has 0 aliphatic carbocycles. The van der Waals surface area contributed by atoms with Crippen LogP contribution in [0.25, 0.3) is 21.3 Å². The Balaban J connectivity index is 1.48. The number of rotatable bonds is 6. The molecule has 2 aromatic carbocycles. The van der Waals surface area contributed by atoms with Gasteiger partial charge in [-0.1, -0.05) is 36.4 Å². The third-order valence-electron chi connectivity index (χ3n) is 4.12. The van der Waals surface area contributed by atoms with E-state index in [1.54, 1.807) is 17.6 Å². The number of aromatic nitrogens is 1. The summed E-state index contributed by atoms with van der Waals surface area (Å²) in [4.78, 5) is 16.8. The third-order valence-corrected chi connectivity index (χ3v) is 5.14. The molecule has 4 rings (SSSR count). The number of hydrogen-bond donors (Lipinski definition) is 0. The number of benzene rings is 2. The first-order valence-electron chi connectivity index (χ1n) is 8.27. The topological polar surface area (TPSA) is 43.1 Å². The molecule has 4 aromatic rings. The predicted octanol–water partition coefficient (Wildman–Crippen LogP) is 5.30. The average molecular weight is 347 g/mol. The van der Waals surface area contributed by atoms with E-state index in [0.717, 1.165) is 21.0 Å². The zero-order valence-corrected chi connectivity index (χ0v) is 14.5. The van der Waals surface area contributed by atoms with Gasteiger partial charge in [-0.2, -0.15) is 0 Å². The molecule has 0 aliphatic rings. The zero-order valence-electron chi connectivity index (χ0n) is 13.6. The summed E-state index contributed by atoms with van der Waals surface area (Å²) in [6, 6.07) is 20.3. The summed E-state index contributed by atoms with van der Waals surface area (Å²) in [5.41, 5.74) is 3.32. The number of furan rings is 1. The molecular weight excluding hydrogens is 330 g/mol. The average Bonchev–Trinajstić information content (AvgIpc) is 3.29. The molecule has 0 N–H and O–H groups in total. The minimum Gasteiger partial charge on any atom is -0.469 e. The van der Waals surface area contributed by atoms with Gasteiger partial charge >= 0.3 is 0 Å². The van der Waals surface area contributed by atoms with E-state index in [-0.39, 0.29) is 5.78 Å². The molecule has 0 unspecified atom stereocenters. The van der Waals surface area contributed by atoms with Gasteiger partial charge in [0.2, 0.25) is 0 Å². The lowest BCUT2D eigenvalue weighted by molar-refractivity contribution is -0.118. The molecule has 0 spiro atoms. The van der Waals surface area contributed by atoms with Crippen LogP contribution in [0.3, 0.4) is 0 Å². The van der Waals surface area contributed by atoms with E-state index in [1.165, 1.54) is 11.1 Å². The SMILES string of the molecule is O=C(CCc1ccco1)Cc1nc2ccc(-c3ccccc3)cc2s1. The first kappa shape index (κ1) is 15.8. The number of carbonyl (C=O) groups is 1. The van der Waals surface area contributed by atoms with Crippen LogP contribution in [-0.4, -0.2) is 10.8 Å². The number of nitrogens with zero attached hydrogens (tertiary/aromatic N) is 1. The van der Waals surface area contributed by atoms with E-state index in [0.29, 0.717) is 19.3 Å². The highest BCUT2D eigenvalue weighted by Gasteiger charge is 2.11. The van der Waals surface area contributed by atoms with Gasteiger partial charge in [-0.25, -0.2) is 4.98 Å². The summed E-state index contributed by atoms with van der Waals surface area (Å²) in [5, 5.41) is 0.879. The molecule has 0 atom stereocenters. The molecule has 0 aliphatic heterocycles. The Hall–Kier alpha value is -2.72. The highest BCUT2D eigenvalue weighted by atomic mass is 32.1. The molecule has 0 saturated heterocycles. The van der Waals surface area contributed by atoms with Gasteiger partial charge in [-0.3, -0.25) is 4.79 Å². The Morgan fingerprint density at radius 1 is 1.00 bits per heavy atom. The van der Waals surface area contributed by atoms with Crippen LogP contribution in [0.2, 0.25) is 0 Å². The van der Waals surface area contributed by atoms with E-state index < -0.39 is 0 Å². The van der Waals surface area contributed by atoms with E-state index >= 15 is 0 Å². The van der Waals surface area contributed by atoms with Crippen molar-refractivity contribution in [1.82, 2.24) is 4.98 Å². The maximum atomic E-state index is 12.2. The molecular formula is C21H17NO2S. The van der Waals surface area contributed by atoms with Gasteiger partial charge in [0, 0.05) is 12.8 Å². The Morgan fingerprint density at radius 2 is 1.88 bits per heavy atom. The predicted molar refractivity (Wildman–Crippen MR) is 101 cm³/mol. The molecule has 0 saturated carbocycles. The quantitative estimate of drug-likeness (QED) is 0.475. The largest absolute Gasteiger partial charge is 0.469 e. The van der Waals surface area contributed by atoms with Crippen molar-refractivity contribution in [1.29, 1.82) is 0 Å². The van der Waals surface area contributed by atoms with Crippen LogP contribution in [0, 0.1) is 0 Å². The van der Waals surface area contributed by atoms with Crippen LogP contribution in [0.15, 0.2) is 71.3 Å². The summed E-state index contributed by atoms with van der Waals surface area (Å²) >= 11 is 1.60. The van der Waals surface area contributed by atoms with Crippen LogP contribution < -0.4 is 0 Å². The molecule has 4 heteroatoms. The Kier molecular flexibility index (Phi) is 4.44. The van der Waals surface area contributed by atoms with Gasteiger partial charge < -0.3 is 4.42 Å². The van der Waals surface area contributed by atoms with Crippen molar-refractivity contribution < 1.29 is 9.21 Å². The first-order chi connectivity index (χ1) is 12.3. The number of hydrogen-bond acceptors (Lipinski definition) is 4. The zero-order chi connectivity index (χ0) is 17.1. The van der Waals surface area contributed by atoms with Crippen LogP contribution in [-0.2, 0) is 17.6 Å². The van der Waals surface area contributed by atoms with Crippen molar-refractivity contribution in [2.24, 2.45) is 0 Å². The Labute approximate surface area is 150 Å². The fourth-order valence-corrected chi connectivity index (χ4v) is 3.87. The van der Waals surface area contributed by atoms with Gasteiger partial charge in [0.1, 0.15) is 16.6 Å². The summed E-state index contributed by atoms with van der Waals surface area (Å²) in [7, 11) is 0. The first-order valence-corrected chi connectivity index (χ1v) is 9.08. The van der Waals surface area contributed by atoms with Gasteiger partial charge in [-0.05, 0) is 35.4 Å². The Bertz CT molecular complexity index is 987. The molecule has 0 radical (unpaired) electrons. The van der Waals surface area contributed by atoms with Crippen LogP contribution in [0.5, 0.6) is 0 Å². The number of thiazole rings is 1. The number of carbonyl (C=O) groups excluding carboxylic acids is 1. The summed E-state index contributed by atoms with van der Waals surface area (Å²) in [6.07, 6.45) is 3.16. The van der Waals surface area contributed by atoms with Crippen molar-refractivity contribution in [3.63, 3.8) is 0 Å². The fourth-order valence-electron chi connectivity index (χ4n) is 2.83. The van der Waals surface area contributed by atoms with Gasteiger partial charge in [0.05, 0.1) is 22.9 Å². The molecule has 2 aromatic heterocycles. The second-order valence-corrected chi connectivity index (χ2v) is 7.07. The number of fused-ring (bicyclic) bond motifs is 1. The van der Waals surface area contributed by atoms with E-state index in [9.17, 15) is 4.79 Å². The molecule has 0 fully saturated rings. The van der Waals surface area contributed by atoms with Crippen molar-refractivity contribution in [3.8, 4) is 11.1 Å². The second-order valence-electron chi connectivity index (χ2n) is 5.95. The lowest BCUT2D eigenvalue weighted by Crippen LogP contribution is -2.03. The lowest BCUT2D eigenvalue weighted by atomic mass is 10.1. The monoisotopic (exact) mass is 347 g/mol. The summed E-state index contributed by atoms with van der Waals surface area (Å²) < 4.78 is 6.39. The smallest absolute Gasteiger partial charge is 0.140 e. The minimum absolute atomic E-state index is 0.193. The van der Waals surface area contributed by atoms with E-state index in [2.05, 4.69) is 29.2 Å². The second kappa shape index (κ2) is 7.03. The van der Waals surface area contributed by atoms with Crippen LogP contribution in [0.1, 0.15) is 17.2 Å². The third kappa shape index (κ3) is 3.69. The number of aryl methyl sites for hydroxylation is 1. The standard InChI is InChI=1S/C21H17NO2S/c23-17(9-10-18-7-4-12-24-18)14-21-22-19-11-8-16(13-20(19)25-21)15-5-2-1-3-6-15/h1-8,11-13H,9-10,14H2. The minimum atomic E-state index is 0.193. The normalized spacial score (nSPS) is 11.0. The molecule has 0 amide bonds. The van der Waals surface area contributed by atoms with Crippen molar-refractivity contribution >= 4 is 27.3 Å². The lowest BCUT2D eigenvalue weighted by Gasteiger charge is -2.00. The van der Waals surface area contributed by atoms with Crippen molar-refractivity contribution in [2.45, 2.75) is 19.3 Å². The van der Waals surface area contributed by atoms with Gasteiger partial charge in [0.25, 0.3) is 0 Å². The Morgan fingerprint density at radius 3 is 2.68 bits per heavy atom. The van der Waals surface area contributed by atoms with Crippen LogP contribution in [0.4, 0.5) is 0 Å². The molecule has 2 heterocycles. The summed E-state index contributed by atoms with van der Waals surface area (Å²) in [6.45, 7) is 0. The molecule has 25 heavy (non-hydrogen) atoms. The summed E-state index contributed by atoms with van der Waals surface area (Å²) in [5.74, 6) is 1.05. The highest BCUT2D eigenvalue weighted by Crippen LogP contribution is 2.28. The molecule has 124 valence electrons.